The van der Waals surface area contributed by atoms with Crippen LogP contribution in [0.2, 0.25) is 0 Å². The molecule has 0 aliphatic heterocycles. The second-order valence-corrected chi connectivity index (χ2v) is 4.56. The van der Waals surface area contributed by atoms with E-state index in [9.17, 15) is 9.59 Å². The number of aromatic nitrogens is 2. The van der Waals surface area contributed by atoms with Gasteiger partial charge in [-0.1, -0.05) is 6.92 Å². The zero-order chi connectivity index (χ0) is 15.8. The third kappa shape index (κ3) is 4.58. The SMILES string of the molecule is CCOC(=O)C(Cc1cc(CC)nn1CC)C(=O)OCC. The highest BCUT2D eigenvalue weighted by Gasteiger charge is 2.31. The summed E-state index contributed by atoms with van der Waals surface area (Å²) in [6.07, 6.45) is 1.06. The lowest BCUT2D eigenvalue weighted by Gasteiger charge is -2.14. The zero-order valence-electron chi connectivity index (χ0n) is 13.2. The molecule has 0 spiro atoms. The van der Waals surface area contributed by atoms with Gasteiger partial charge in [-0.05, 0) is 33.3 Å². The van der Waals surface area contributed by atoms with Crippen LogP contribution in [0.25, 0.3) is 0 Å². The molecule has 118 valence electrons. The quantitative estimate of drug-likeness (QED) is 0.540. The minimum absolute atomic E-state index is 0.238. The van der Waals surface area contributed by atoms with Crippen LogP contribution in [0.4, 0.5) is 0 Å². The first kappa shape index (κ1) is 17.2. The van der Waals surface area contributed by atoms with Gasteiger partial charge in [0.15, 0.2) is 5.92 Å². The molecule has 6 heteroatoms. The Labute approximate surface area is 125 Å². The number of carbonyl (C=O) groups is 2. The summed E-state index contributed by atoms with van der Waals surface area (Å²) in [5.74, 6) is -2.02. The molecule has 0 radical (unpaired) electrons. The third-order valence-electron chi connectivity index (χ3n) is 3.13. The molecule has 1 rings (SSSR count). The van der Waals surface area contributed by atoms with E-state index in [1.165, 1.54) is 0 Å². The highest BCUT2D eigenvalue weighted by Crippen LogP contribution is 2.15. The second-order valence-electron chi connectivity index (χ2n) is 4.56. The predicted octanol–water partition coefficient (Wildman–Crippen LogP) is 1.75. The molecule has 0 unspecified atom stereocenters. The smallest absolute Gasteiger partial charge is 0.320 e. The van der Waals surface area contributed by atoms with Crippen molar-refractivity contribution in [2.45, 2.75) is 47.1 Å². The maximum absolute atomic E-state index is 12.0. The van der Waals surface area contributed by atoms with Crippen LogP contribution in [-0.2, 0) is 38.4 Å². The molecule has 0 aliphatic rings. The molecule has 0 N–H and O–H groups in total. The van der Waals surface area contributed by atoms with Crippen LogP contribution in [0.15, 0.2) is 6.07 Å². The Morgan fingerprint density at radius 2 is 1.71 bits per heavy atom. The Morgan fingerprint density at radius 3 is 2.14 bits per heavy atom. The normalized spacial score (nSPS) is 10.7. The fraction of sp³-hybridized carbons (Fsp3) is 0.667. The Bertz CT molecular complexity index is 464. The summed E-state index contributed by atoms with van der Waals surface area (Å²) in [6.45, 7) is 8.58. The van der Waals surface area contributed by atoms with E-state index in [2.05, 4.69) is 5.10 Å². The fourth-order valence-electron chi connectivity index (χ4n) is 2.08. The van der Waals surface area contributed by atoms with E-state index < -0.39 is 17.9 Å². The minimum atomic E-state index is -0.934. The van der Waals surface area contributed by atoms with Crippen molar-refractivity contribution >= 4 is 11.9 Å². The Morgan fingerprint density at radius 1 is 1.14 bits per heavy atom. The topological polar surface area (TPSA) is 70.4 Å². The lowest BCUT2D eigenvalue weighted by atomic mass is 10.0. The van der Waals surface area contributed by atoms with E-state index in [0.29, 0.717) is 6.54 Å². The van der Waals surface area contributed by atoms with E-state index in [1.807, 2.05) is 24.6 Å². The number of carbonyl (C=O) groups excluding carboxylic acids is 2. The summed E-state index contributed by atoms with van der Waals surface area (Å²) in [7, 11) is 0. The zero-order valence-corrected chi connectivity index (χ0v) is 13.2. The number of hydrogen-bond acceptors (Lipinski definition) is 5. The van der Waals surface area contributed by atoms with E-state index in [-0.39, 0.29) is 19.6 Å². The van der Waals surface area contributed by atoms with E-state index in [1.54, 1.807) is 13.8 Å². The fourth-order valence-corrected chi connectivity index (χ4v) is 2.08. The molecule has 0 saturated heterocycles. The van der Waals surface area contributed by atoms with Crippen molar-refractivity contribution in [1.82, 2.24) is 9.78 Å². The Hall–Kier alpha value is -1.85. The van der Waals surface area contributed by atoms with E-state index in [4.69, 9.17) is 9.47 Å². The molecular weight excluding hydrogens is 272 g/mol. The van der Waals surface area contributed by atoms with Gasteiger partial charge in [-0.3, -0.25) is 14.3 Å². The van der Waals surface area contributed by atoms with Gasteiger partial charge in [-0.15, -0.1) is 0 Å². The van der Waals surface area contributed by atoms with Gasteiger partial charge in [0, 0.05) is 18.7 Å². The van der Waals surface area contributed by atoms with Crippen LogP contribution in [0.5, 0.6) is 0 Å². The molecule has 21 heavy (non-hydrogen) atoms. The first-order valence-electron chi connectivity index (χ1n) is 7.46. The maximum atomic E-state index is 12.0. The molecule has 6 nitrogen and oxygen atoms in total. The predicted molar refractivity (Wildman–Crippen MR) is 77.7 cm³/mol. The summed E-state index contributed by atoms with van der Waals surface area (Å²) < 4.78 is 11.8. The largest absolute Gasteiger partial charge is 0.465 e. The van der Waals surface area contributed by atoms with E-state index in [0.717, 1.165) is 17.8 Å². The van der Waals surface area contributed by atoms with Crippen LogP contribution in [-0.4, -0.2) is 34.9 Å². The number of rotatable bonds is 8. The lowest BCUT2D eigenvalue weighted by Crippen LogP contribution is -2.30. The van der Waals surface area contributed by atoms with Gasteiger partial charge in [0.2, 0.25) is 0 Å². The van der Waals surface area contributed by atoms with Crippen LogP contribution >= 0.6 is 0 Å². The monoisotopic (exact) mass is 296 g/mol. The molecule has 0 aromatic carbocycles. The van der Waals surface area contributed by atoms with Gasteiger partial charge in [-0.25, -0.2) is 0 Å². The number of aryl methyl sites for hydroxylation is 2. The molecule has 0 aliphatic carbocycles. The van der Waals surface area contributed by atoms with E-state index >= 15 is 0 Å². The number of hydrogen-bond donors (Lipinski definition) is 0. The molecule has 0 bridgehead atoms. The molecule has 0 fully saturated rings. The summed E-state index contributed by atoms with van der Waals surface area (Å²) in [5.41, 5.74) is 1.79. The summed E-state index contributed by atoms with van der Waals surface area (Å²) in [5, 5.41) is 4.42. The molecule has 0 atom stereocenters. The van der Waals surface area contributed by atoms with Gasteiger partial charge >= 0.3 is 11.9 Å². The van der Waals surface area contributed by atoms with Gasteiger partial charge < -0.3 is 9.47 Å². The lowest BCUT2D eigenvalue weighted by molar-refractivity contribution is -0.161. The van der Waals surface area contributed by atoms with Gasteiger partial charge in [0.25, 0.3) is 0 Å². The average molecular weight is 296 g/mol. The van der Waals surface area contributed by atoms with Crippen molar-refractivity contribution in [2.24, 2.45) is 5.92 Å². The van der Waals surface area contributed by atoms with Crippen molar-refractivity contribution in [1.29, 1.82) is 0 Å². The summed E-state index contributed by atoms with van der Waals surface area (Å²) in [4.78, 5) is 24.0. The number of ether oxygens (including phenoxy) is 2. The van der Waals surface area contributed by atoms with Crippen molar-refractivity contribution in [3.63, 3.8) is 0 Å². The molecule has 1 aromatic heterocycles. The second kappa shape index (κ2) is 8.44. The Kier molecular flexibility index (Phi) is 6.91. The molecule has 0 saturated carbocycles. The summed E-state index contributed by atoms with van der Waals surface area (Å²) >= 11 is 0. The highest BCUT2D eigenvalue weighted by atomic mass is 16.6. The number of esters is 2. The van der Waals surface area contributed by atoms with Gasteiger partial charge in [0.1, 0.15) is 0 Å². The van der Waals surface area contributed by atoms with Gasteiger partial charge in [0.05, 0.1) is 18.9 Å². The van der Waals surface area contributed by atoms with Crippen LogP contribution < -0.4 is 0 Å². The third-order valence-corrected chi connectivity index (χ3v) is 3.13. The first-order valence-corrected chi connectivity index (χ1v) is 7.46. The number of nitrogens with zero attached hydrogens (tertiary/aromatic N) is 2. The van der Waals surface area contributed by atoms with Crippen LogP contribution in [0, 0.1) is 5.92 Å². The van der Waals surface area contributed by atoms with Crippen molar-refractivity contribution in [2.75, 3.05) is 13.2 Å². The standard InChI is InChI=1S/C15H24N2O4/c1-5-11-9-12(17(6-2)16-11)10-13(14(18)20-7-3)15(19)21-8-4/h9,13H,5-8,10H2,1-4H3. The van der Waals surface area contributed by atoms with Crippen molar-refractivity contribution < 1.29 is 19.1 Å². The first-order chi connectivity index (χ1) is 10.1. The summed E-state index contributed by atoms with van der Waals surface area (Å²) in [6, 6.07) is 1.93. The van der Waals surface area contributed by atoms with Crippen molar-refractivity contribution in [3.8, 4) is 0 Å². The maximum Gasteiger partial charge on any atom is 0.320 e. The molecule has 1 heterocycles. The average Bonchev–Trinajstić information content (AvgIpc) is 2.87. The van der Waals surface area contributed by atoms with Crippen LogP contribution in [0.1, 0.15) is 39.1 Å². The molecular formula is C15H24N2O4. The minimum Gasteiger partial charge on any atom is -0.465 e. The molecule has 1 aromatic rings. The van der Waals surface area contributed by atoms with Gasteiger partial charge in [-0.2, -0.15) is 5.10 Å². The van der Waals surface area contributed by atoms with Crippen LogP contribution in [0.3, 0.4) is 0 Å². The highest BCUT2D eigenvalue weighted by molar-refractivity contribution is 5.95. The van der Waals surface area contributed by atoms with Crippen molar-refractivity contribution in [3.05, 3.63) is 17.5 Å². The Balaban J connectivity index is 2.96. The molecule has 0 amide bonds.